The lowest BCUT2D eigenvalue weighted by atomic mass is 10.1. The maximum atomic E-state index is 12.4. The van der Waals surface area contributed by atoms with Crippen molar-refractivity contribution >= 4 is 46.6 Å². The van der Waals surface area contributed by atoms with E-state index in [1.54, 1.807) is 36.4 Å². The van der Waals surface area contributed by atoms with Crippen molar-refractivity contribution in [2.75, 3.05) is 27.9 Å². The minimum absolute atomic E-state index is 0.203. The lowest BCUT2D eigenvalue weighted by Gasteiger charge is -2.09. The van der Waals surface area contributed by atoms with E-state index >= 15 is 0 Å². The zero-order valence-corrected chi connectivity index (χ0v) is 22.1. The fourth-order valence-electron chi connectivity index (χ4n) is 3.19. The summed E-state index contributed by atoms with van der Waals surface area (Å²) in [7, 11) is 4.35. The molecule has 0 unspecified atom stereocenters. The number of carbonyl (C=O) groups is 1. The summed E-state index contributed by atoms with van der Waals surface area (Å²) < 4.78 is 21.1. The Morgan fingerprint density at radius 2 is 1.66 bits per heavy atom. The SMILES string of the molecule is COc1ccc(C(/C=C/c2cc(OC)c(OC)cc2[N+](=O)[O-])=N/NC(=O)COc2ccc(Cl)cc2Cl)cc1. The van der Waals surface area contributed by atoms with Crippen molar-refractivity contribution in [3.63, 3.8) is 0 Å². The number of nitro benzene ring substituents is 1. The lowest BCUT2D eigenvalue weighted by Crippen LogP contribution is -2.25. The second-order valence-corrected chi connectivity index (χ2v) is 8.32. The number of rotatable bonds is 11. The highest BCUT2D eigenvalue weighted by atomic mass is 35.5. The van der Waals surface area contributed by atoms with Gasteiger partial charge in [0.25, 0.3) is 11.6 Å². The molecule has 0 saturated carbocycles. The molecule has 3 rings (SSSR count). The van der Waals surface area contributed by atoms with Crippen LogP contribution in [-0.4, -0.2) is 44.5 Å². The van der Waals surface area contributed by atoms with Crippen molar-refractivity contribution in [2.24, 2.45) is 5.10 Å². The standard InChI is InChI=1S/C26H23Cl2N3O7/c1-35-19-8-4-16(5-9-19)21(29-30-26(32)15-38-23-11-7-18(27)13-20(23)28)10-6-17-12-24(36-2)25(37-3)14-22(17)31(33)34/h4-14H,15H2,1-3H3,(H,30,32)/b10-6+,29-21+. The summed E-state index contributed by atoms with van der Waals surface area (Å²) in [6.07, 6.45) is 3.01. The van der Waals surface area contributed by atoms with Crippen molar-refractivity contribution in [2.45, 2.75) is 0 Å². The molecule has 0 aromatic heterocycles. The number of amides is 1. The topological polar surface area (TPSA) is 122 Å². The van der Waals surface area contributed by atoms with Crippen LogP contribution in [0.1, 0.15) is 11.1 Å². The molecule has 38 heavy (non-hydrogen) atoms. The Morgan fingerprint density at radius 3 is 2.26 bits per heavy atom. The molecule has 0 spiro atoms. The van der Waals surface area contributed by atoms with Gasteiger partial charge in [0, 0.05) is 10.6 Å². The number of nitrogens with zero attached hydrogens (tertiary/aromatic N) is 2. The summed E-state index contributed by atoms with van der Waals surface area (Å²) in [5.74, 6) is 0.865. The number of hydrazone groups is 1. The third kappa shape index (κ3) is 7.37. The van der Waals surface area contributed by atoms with E-state index in [-0.39, 0.29) is 34.4 Å². The van der Waals surface area contributed by atoms with E-state index < -0.39 is 10.8 Å². The summed E-state index contributed by atoms with van der Waals surface area (Å²) in [6.45, 7) is -0.369. The van der Waals surface area contributed by atoms with Crippen LogP contribution < -0.4 is 24.4 Å². The van der Waals surface area contributed by atoms with Crippen LogP contribution >= 0.6 is 23.2 Å². The molecule has 0 radical (unpaired) electrons. The summed E-state index contributed by atoms with van der Waals surface area (Å²) in [4.78, 5) is 23.6. The first-order valence-electron chi connectivity index (χ1n) is 10.9. The average molecular weight is 560 g/mol. The number of nitro groups is 1. The van der Waals surface area contributed by atoms with Crippen molar-refractivity contribution in [3.05, 3.63) is 92.0 Å². The van der Waals surface area contributed by atoms with Crippen LogP contribution in [0.4, 0.5) is 5.69 Å². The number of carbonyl (C=O) groups excluding carboxylic acids is 1. The van der Waals surface area contributed by atoms with E-state index in [1.807, 2.05) is 0 Å². The van der Waals surface area contributed by atoms with E-state index in [0.29, 0.717) is 27.8 Å². The molecule has 10 nitrogen and oxygen atoms in total. The Hall–Kier alpha value is -4.28. The Labute approximate surface area is 228 Å². The maximum absolute atomic E-state index is 12.4. The number of hydrogen-bond donors (Lipinski definition) is 1. The third-order valence-electron chi connectivity index (χ3n) is 5.09. The second-order valence-electron chi connectivity index (χ2n) is 7.48. The number of nitrogens with one attached hydrogen (secondary N) is 1. The molecule has 0 aliphatic heterocycles. The molecule has 0 heterocycles. The summed E-state index contributed by atoms with van der Waals surface area (Å²) in [5, 5.41) is 16.5. The smallest absolute Gasteiger partial charge is 0.280 e. The Morgan fingerprint density at radius 1 is 0.974 bits per heavy atom. The highest BCUT2D eigenvalue weighted by Crippen LogP contribution is 2.35. The van der Waals surface area contributed by atoms with Gasteiger partial charge < -0.3 is 18.9 Å². The molecule has 3 aromatic rings. The second kappa shape index (κ2) is 13.3. The molecule has 0 fully saturated rings. The zero-order chi connectivity index (χ0) is 27.7. The van der Waals surface area contributed by atoms with Crippen LogP contribution in [0.5, 0.6) is 23.0 Å². The molecule has 0 atom stereocenters. The number of ether oxygens (including phenoxy) is 4. The molecular weight excluding hydrogens is 537 g/mol. The summed E-state index contributed by atoms with van der Waals surface area (Å²) >= 11 is 11.9. The van der Waals surface area contributed by atoms with Crippen molar-refractivity contribution < 1.29 is 28.7 Å². The zero-order valence-electron chi connectivity index (χ0n) is 20.6. The molecule has 0 aliphatic rings. The number of allylic oxidation sites excluding steroid dienone is 1. The van der Waals surface area contributed by atoms with Crippen LogP contribution in [-0.2, 0) is 4.79 Å². The van der Waals surface area contributed by atoms with E-state index in [2.05, 4.69) is 10.5 Å². The number of methoxy groups -OCH3 is 3. The predicted octanol–water partition coefficient (Wildman–Crippen LogP) is 5.54. The van der Waals surface area contributed by atoms with Gasteiger partial charge in [0.2, 0.25) is 0 Å². The highest BCUT2D eigenvalue weighted by molar-refractivity contribution is 6.35. The minimum atomic E-state index is -0.562. The number of benzene rings is 3. The molecule has 0 saturated heterocycles. The normalized spacial score (nSPS) is 11.2. The van der Waals surface area contributed by atoms with E-state index in [1.165, 1.54) is 51.7 Å². The van der Waals surface area contributed by atoms with Gasteiger partial charge in [-0.2, -0.15) is 5.10 Å². The molecule has 198 valence electrons. The average Bonchev–Trinajstić information content (AvgIpc) is 2.92. The van der Waals surface area contributed by atoms with Gasteiger partial charge in [-0.05, 0) is 60.7 Å². The molecular formula is C26H23Cl2N3O7. The molecule has 0 bridgehead atoms. The third-order valence-corrected chi connectivity index (χ3v) is 5.62. The monoisotopic (exact) mass is 559 g/mol. The lowest BCUT2D eigenvalue weighted by molar-refractivity contribution is -0.385. The molecule has 3 aromatic carbocycles. The first-order chi connectivity index (χ1) is 18.2. The van der Waals surface area contributed by atoms with Gasteiger partial charge in [0.05, 0.1) is 48.6 Å². The minimum Gasteiger partial charge on any atom is -0.497 e. The predicted molar refractivity (Wildman–Crippen MR) is 145 cm³/mol. The molecule has 0 aliphatic carbocycles. The van der Waals surface area contributed by atoms with Crippen LogP contribution in [0, 0.1) is 10.1 Å². The van der Waals surface area contributed by atoms with E-state index in [9.17, 15) is 14.9 Å². The van der Waals surface area contributed by atoms with Gasteiger partial charge in [-0.15, -0.1) is 0 Å². The van der Waals surface area contributed by atoms with Gasteiger partial charge in [0.1, 0.15) is 11.5 Å². The fraction of sp³-hybridized carbons (Fsp3) is 0.154. The van der Waals surface area contributed by atoms with Crippen LogP contribution in [0.25, 0.3) is 6.08 Å². The van der Waals surface area contributed by atoms with Crippen LogP contribution in [0.3, 0.4) is 0 Å². The van der Waals surface area contributed by atoms with Gasteiger partial charge in [-0.3, -0.25) is 14.9 Å². The largest absolute Gasteiger partial charge is 0.497 e. The summed E-state index contributed by atoms with van der Waals surface area (Å²) in [6, 6.07) is 14.2. The van der Waals surface area contributed by atoms with Crippen molar-refractivity contribution in [3.8, 4) is 23.0 Å². The Bertz CT molecular complexity index is 1380. The number of halogens is 2. The first kappa shape index (κ1) is 28.3. The van der Waals surface area contributed by atoms with E-state index in [4.69, 9.17) is 42.1 Å². The molecule has 1 N–H and O–H groups in total. The Kier molecular flexibility index (Phi) is 9.92. The number of hydrogen-bond acceptors (Lipinski definition) is 8. The van der Waals surface area contributed by atoms with Crippen LogP contribution in [0.2, 0.25) is 10.0 Å². The van der Waals surface area contributed by atoms with Gasteiger partial charge in [-0.1, -0.05) is 23.2 Å². The van der Waals surface area contributed by atoms with E-state index in [0.717, 1.165) is 0 Å². The summed E-state index contributed by atoms with van der Waals surface area (Å²) in [5.41, 5.74) is 3.36. The maximum Gasteiger partial charge on any atom is 0.280 e. The van der Waals surface area contributed by atoms with Crippen LogP contribution in [0.15, 0.2) is 65.8 Å². The molecule has 1 amide bonds. The van der Waals surface area contributed by atoms with Gasteiger partial charge >= 0.3 is 0 Å². The van der Waals surface area contributed by atoms with Crippen molar-refractivity contribution in [1.29, 1.82) is 0 Å². The van der Waals surface area contributed by atoms with Gasteiger partial charge in [0.15, 0.2) is 18.1 Å². The highest BCUT2D eigenvalue weighted by Gasteiger charge is 2.18. The quantitative estimate of drug-likeness (QED) is 0.186. The Balaban J connectivity index is 1.89. The van der Waals surface area contributed by atoms with Gasteiger partial charge in [-0.25, -0.2) is 5.43 Å². The molecule has 12 heteroatoms. The van der Waals surface area contributed by atoms with Crippen molar-refractivity contribution in [1.82, 2.24) is 5.43 Å². The first-order valence-corrected chi connectivity index (χ1v) is 11.7. The fourth-order valence-corrected chi connectivity index (χ4v) is 3.66.